The lowest BCUT2D eigenvalue weighted by Crippen LogP contribution is -2.24. The largest absolute Gasteiger partial charge is 0.311 e. The van der Waals surface area contributed by atoms with Crippen LogP contribution in [0.1, 0.15) is 6.42 Å². The second kappa shape index (κ2) is 4.26. The topological polar surface area (TPSA) is 33.2 Å². The molecule has 2 aromatic rings. The molecule has 1 aliphatic heterocycles. The van der Waals surface area contributed by atoms with Gasteiger partial charge in [0.2, 0.25) is 5.91 Å². The summed E-state index contributed by atoms with van der Waals surface area (Å²) in [5.41, 5.74) is 1.87. The maximum Gasteiger partial charge on any atom is 0.227 e. The number of nitrogens with zero attached hydrogens (tertiary/aromatic N) is 2. The number of aromatic nitrogens is 1. The van der Waals surface area contributed by atoms with Crippen LogP contribution in [0.15, 0.2) is 49.2 Å². The number of rotatable bonds is 2. The normalized spacial score (nSPS) is 19.4. The van der Waals surface area contributed by atoms with Crippen molar-refractivity contribution in [1.29, 1.82) is 0 Å². The van der Waals surface area contributed by atoms with Gasteiger partial charge in [-0.25, -0.2) is 0 Å². The minimum absolute atomic E-state index is 0.163. The van der Waals surface area contributed by atoms with E-state index in [4.69, 9.17) is 0 Å². The number of carbonyl (C=O) groups excluding carboxylic acids is 1. The van der Waals surface area contributed by atoms with Gasteiger partial charge in [-0.05, 0) is 24.3 Å². The lowest BCUT2D eigenvalue weighted by molar-refractivity contribution is -0.117. The first-order chi connectivity index (χ1) is 8.79. The third-order valence-electron chi connectivity index (χ3n) is 3.40. The SMILES string of the molecule is C=CC1CC(=O)N(c2cccc3ncccc23)C1. The van der Waals surface area contributed by atoms with Crippen molar-refractivity contribution >= 4 is 22.5 Å². The lowest BCUT2D eigenvalue weighted by atomic mass is 10.1. The van der Waals surface area contributed by atoms with Crippen molar-refractivity contribution in [3.63, 3.8) is 0 Å². The number of pyridine rings is 1. The van der Waals surface area contributed by atoms with Gasteiger partial charge in [-0.3, -0.25) is 9.78 Å². The van der Waals surface area contributed by atoms with Gasteiger partial charge in [0.25, 0.3) is 0 Å². The summed E-state index contributed by atoms with van der Waals surface area (Å²) in [6, 6.07) is 9.79. The van der Waals surface area contributed by atoms with E-state index >= 15 is 0 Å². The maximum atomic E-state index is 12.0. The average molecular weight is 238 g/mol. The summed E-state index contributed by atoms with van der Waals surface area (Å²) in [6.45, 7) is 4.49. The minimum Gasteiger partial charge on any atom is -0.311 e. The standard InChI is InChI=1S/C15H14N2O/c1-2-11-9-15(18)17(10-11)14-7-3-6-13-12(14)5-4-8-16-13/h2-8,11H,1,9-10H2. The van der Waals surface area contributed by atoms with Crippen molar-refractivity contribution in [1.82, 2.24) is 4.98 Å². The Hall–Kier alpha value is -2.16. The zero-order valence-electron chi connectivity index (χ0n) is 10.0. The van der Waals surface area contributed by atoms with Crippen molar-refractivity contribution in [2.45, 2.75) is 6.42 Å². The number of hydrogen-bond acceptors (Lipinski definition) is 2. The first-order valence-corrected chi connectivity index (χ1v) is 6.06. The van der Waals surface area contributed by atoms with Crippen LogP contribution in [0, 0.1) is 5.92 Å². The molecule has 1 aromatic carbocycles. The Kier molecular flexibility index (Phi) is 2.59. The molecule has 1 aliphatic rings. The van der Waals surface area contributed by atoms with Crippen LogP contribution in [0.5, 0.6) is 0 Å². The number of carbonyl (C=O) groups is 1. The Morgan fingerprint density at radius 3 is 3.00 bits per heavy atom. The van der Waals surface area contributed by atoms with Crippen LogP contribution in [-0.4, -0.2) is 17.4 Å². The maximum absolute atomic E-state index is 12.0. The van der Waals surface area contributed by atoms with Gasteiger partial charge in [0.15, 0.2) is 0 Å². The molecule has 3 heteroatoms. The van der Waals surface area contributed by atoms with Gasteiger partial charge in [0.1, 0.15) is 0 Å². The number of benzene rings is 1. The average Bonchev–Trinajstić information content (AvgIpc) is 2.79. The van der Waals surface area contributed by atoms with Crippen LogP contribution in [0.25, 0.3) is 10.9 Å². The highest BCUT2D eigenvalue weighted by Crippen LogP contribution is 2.30. The van der Waals surface area contributed by atoms with Gasteiger partial charge in [-0.1, -0.05) is 12.1 Å². The van der Waals surface area contributed by atoms with E-state index in [0.717, 1.165) is 23.1 Å². The molecule has 0 radical (unpaired) electrons. The highest BCUT2D eigenvalue weighted by atomic mass is 16.2. The Labute approximate surface area is 106 Å². The van der Waals surface area contributed by atoms with Crippen LogP contribution < -0.4 is 4.90 Å². The second-order valence-corrected chi connectivity index (χ2v) is 4.55. The quantitative estimate of drug-likeness (QED) is 0.754. The smallest absolute Gasteiger partial charge is 0.227 e. The fraction of sp³-hybridized carbons (Fsp3) is 0.200. The molecule has 2 heterocycles. The number of fused-ring (bicyclic) bond motifs is 1. The predicted octanol–water partition coefficient (Wildman–Crippen LogP) is 2.77. The molecule has 0 N–H and O–H groups in total. The summed E-state index contributed by atoms with van der Waals surface area (Å²) >= 11 is 0. The summed E-state index contributed by atoms with van der Waals surface area (Å²) in [4.78, 5) is 18.2. The predicted molar refractivity (Wildman–Crippen MR) is 72.4 cm³/mol. The van der Waals surface area contributed by atoms with Crippen LogP contribution in [0.2, 0.25) is 0 Å². The first kappa shape index (κ1) is 11.0. The molecular formula is C15H14N2O. The molecule has 1 unspecified atom stereocenters. The molecule has 0 bridgehead atoms. The molecule has 1 atom stereocenters. The van der Waals surface area contributed by atoms with Crippen molar-refractivity contribution in [3.05, 3.63) is 49.2 Å². The molecule has 0 saturated carbocycles. The Balaban J connectivity index is 2.10. The zero-order chi connectivity index (χ0) is 12.5. The zero-order valence-corrected chi connectivity index (χ0v) is 10.0. The van der Waals surface area contributed by atoms with Gasteiger partial charge in [-0.2, -0.15) is 0 Å². The molecule has 1 amide bonds. The molecule has 1 aromatic heterocycles. The van der Waals surface area contributed by atoms with Gasteiger partial charge in [0.05, 0.1) is 11.2 Å². The van der Waals surface area contributed by atoms with E-state index in [2.05, 4.69) is 11.6 Å². The van der Waals surface area contributed by atoms with Crippen LogP contribution in [-0.2, 0) is 4.79 Å². The third kappa shape index (κ3) is 1.68. The second-order valence-electron chi connectivity index (χ2n) is 4.55. The number of anilines is 1. The highest BCUT2D eigenvalue weighted by Gasteiger charge is 2.29. The van der Waals surface area contributed by atoms with Gasteiger partial charge < -0.3 is 4.90 Å². The highest BCUT2D eigenvalue weighted by molar-refractivity contribution is 6.04. The summed E-state index contributed by atoms with van der Waals surface area (Å²) in [5, 5.41) is 1.03. The summed E-state index contributed by atoms with van der Waals surface area (Å²) in [6.07, 6.45) is 4.19. The van der Waals surface area contributed by atoms with Crippen molar-refractivity contribution in [3.8, 4) is 0 Å². The van der Waals surface area contributed by atoms with Crippen molar-refractivity contribution in [2.75, 3.05) is 11.4 Å². The minimum atomic E-state index is 0.163. The molecule has 0 aliphatic carbocycles. The molecule has 90 valence electrons. The third-order valence-corrected chi connectivity index (χ3v) is 3.40. The van der Waals surface area contributed by atoms with Gasteiger partial charge in [0, 0.05) is 30.5 Å². The fourth-order valence-corrected chi connectivity index (χ4v) is 2.45. The van der Waals surface area contributed by atoms with Crippen LogP contribution >= 0.6 is 0 Å². The summed E-state index contributed by atoms with van der Waals surface area (Å²) < 4.78 is 0. The monoisotopic (exact) mass is 238 g/mol. The van der Waals surface area contributed by atoms with Crippen LogP contribution in [0.3, 0.4) is 0 Å². The van der Waals surface area contributed by atoms with E-state index < -0.39 is 0 Å². The molecule has 0 spiro atoms. The fourth-order valence-electron chi connectivity index (χ4n) is 2.45. The molecule has 3 rings (SSSR count). The van der Waals surface area contributed by atoms with E-state index in [-0.39, 0.29) is 11.8 Å². The van der Waals surface area contributed by atoms with Crippen molar-refractivity contribution in [2.24, 2.45) is 5.92 Å². The van der Waals surface area contributed by atoms with E-state index in [1.165, 1.54) is 0 Å². The van der Waals surface area contributed by atoms with Gasteiger partial charge >= 0.3 is 0 Å². The van der Waals surface area contributed by atoms with Gasteiger partial charge in [-0.15, -0.1) is 6.58 Å². The number of hydrogen-bond donors (Lipinski definition) is 0. The summed E-state index contributed by atoms with van der Waals surface area (Å²) in [5.74, 6) is 0.417. The van der Waals surface area contributed by atoms with Crippen molar-refractivity contribution < 1.29 is 4.79 Å². The molecular weight excluding hydrogens is 224 g/mol. The van der Waals surface area contributed by atoms with E-state index in [0.29, 0.717) is 6.42 Å². The Morgan fingerprint density at radius 1 is 1.33 bits per heavy atom. The summed E-state index contributed by atoms with van der Waals surface area (Å²) in [7, 11) is 0. The molecule has 3 nitrogen and oxygen atoms in total. The molecule has 18 heavy (non-hydrogen) atoms. The van der Waals surface area contributed by atoms with E-state index in [1.807, 2.05) is 41.3 Å². The van der Waals surface area contributed by atoms with Crippen LogP contribution in [0.4, 0.5) is 5.69 Å². The van der Waals surface area contributed by atoms with E-state index in [9.17, 15) is 4.79 Å². The lowest BCUT2D eigenvalue weighted by Gasteiger charge is -2.18. The Morgan fingerprint density at radius 2 is 2.22 bits per heavy atom. The van der Waals surface area contributed by atoms with E-state index in [1.54, 1.807) is 6.20 Å². The molecule has 1 saturated heterocycles. The first-order valence-electron chi connectivity index (χ1n) is 6.06. The molecule has 1 fully saturated rings. The number of amides is 1. The Bertz CT molecular complexity index is 615.